The van der Waals surface area contributed by atoms with Crippen LogP contribution in [0, 0.1) is 6.92 Å². The number of aryl methyl sites for hydroxylation is 1. The molecule has 0 unspecified atom stereocenters. The number of carboxylic acid groups (broad SMARTS) is 1. The SMILES string of the molecule is Cc1nc2ccc(C(=O)O)nc2n1Cc1ccc(COCc2ccccc2)cc1Cl. The molecule has 6 nitrogen and oxygen atoms in total. The van der Waals surface area contributed by atoms with Crippen molar-refractivity contribution >= 4 is 28.7 Å². The number of aromatic carboxylic acids is 1. The monoisotopic (exact) mass is 421 g/mol. The van der Waals surface area contributed by atoms with Gasteiger partial charge in [-0.1, -0.05) is 54.1 Å². The molecule has 0 amide bonds. The molecule has 4 aromatic rings. The molecule has 0 spiro atoms. The average molecular weight is 422 g/mol. The zero-order chi connectivity index (χ0) is 21.1. The van der Waals surface area contributed by atoms with E-state index >= 15 is 0 Å². The van der Waals surface area contributed by atoms with Crippen molar-refractivity contribution in [2.75, 3.05) is 0 Å². The third-order valence-electron chi connectivity index (χ3n) is 4.83. The summed E-state index contributed by atoms with van der Waals surface area (Å²) in [5, 5.41) is 9.84. The Morgan fingerprint density at radius 2 is 1.80 bits per heavy atom. The highest BCUT2D eigenvalue weighted by Crippen LogP contribution is 2.23. The molecule has 0 atom stereocenters. The van der Waals surface area contributed by atoms with E-state index in [-0.39, 0.29) is 5.69 Å². The van der Waals surface area contributed by atoms with E-state index < -0.39 is 5.97 Å². The minimum Gasteiger partial charge on any atom is -0.477 e. The molecular formula is C23H20ClN3O3. The predicted octanol–water partition coefficient (Wildman–Crippen LogP) is 4.86. The lowest BCUT2D eigenvalue weighted by molar-refractivity contribution is 0.0691. The Hall–Kier alpha value is -3.22. The number of fused-ring (bicyclic) bond motifs is 1. The summed E-state index contributed by atoms with van der Waals surface area (Å²) in [6, 6.07) is 19.0. The Morgan fingerprint density at radius 1 is 1.03 bits per heavy atom. The fraction of sp³-hybridized carbons (Fsp3) is 0.174. The lowest BCUT2D eigenvalue weighted by atomic mass is 10.1. The molecule has 152 valence electrons. The highest BCUT2D eigenvalue weighted by Gasteiger charge is 2.14. The van der Waals surface area contributed by atoms with Gasteiger partial charge in [0, 0.05) is 5.02 Å². The topological polar surface area (TPSA) is 77.2 Å². The maximum atomic E-state index is 11.3. The van der Waals surface area contributed by atoms with Gasteiger partial charge in [0.25, 0.3) is 0 Å². The van der Waals surface area contributed by atoms with E-state index in [2.05, 4.69) is 9.97 Å². The number of halogens is 1. The second-order valence-corrected chi connectivity index (χ2v) is 7.40. The number of hydrogen-bond donors (Lipinski definition) is 1. The van der Waals surface area contributed by atoms with E-state index in [1.165, 1.54) is 6.07 Å². The lowest BCUT2D eigenvalue weighted by Gasteiger charge is -2.11. The summed E-state index contributed by atoms with van der Waals surface area (Å²) >= 11 is 6.52. The van der Waals surface area contributed by atoms with Gasteiger partial charge in [0.05, 0.1) is 19.8 Å². The van der Waals surface area contributed by atoms with Crippen molar-refractivity contribution in [1.82, 2.24) is 14.5 Å². The quantitative estimate of drug-likeness (QED) is 0.461. The summed E-state index contributed by atoms with van der Waals surface area (Å²) < 4.78 is 7.65. The summed E-state index contributed by atoms with van der Waals surface area (Å²) in [6.45, 7) is 3.31. The number of hydrogen-bond acceptors (Lipinski definition) is 4. The molecule has 7 heteroatoms. The van der Waals surface area contributed by atoms with Crippen LogP contribution in [-0.4, -0.2) is 25.6 Å². The Labute approximate surface area is 178 Å². The van der Waals surface area contributed by atoms with Crippen molar-refractivity contribution in [3.8, 4) is 0 Å². The number of aromatic nitrogens is 3. The molecule has 0 saturated carbocycles. The smallest absolute Gasteiger partial charge is 0.354 e. The summed E-state index contributed by atoms with van der Waals surface area (Å²) in [5.41, 5.74) is 4.17. The molecule has 0 saturated heterocycles. The molecule has 30 heavy (non-hydrogen) atoms. The van der Waals surface area contributed by atoms with Crippen molar-refractivity contribution in [2.45, 2.75) is 26.7 Å². The Kier molecular flexibility index (Phi) is 5.79. The predicted molar refractivity (Wildman–Crippen MR) is 115 cm³/mol. The van der Waals surface area contributed by atoms with Crippen molar-refractivity contribution in [3.63, 3.8) is 0 Å². The van der Waals surface area contributed by atoms with Crippen LogP contribution < -0.4 is 0 Å². The van der Waals surface area contributed by atoms with Crippen molar-refractivity contribution in [2.24, 2.45) is 0 Å². The van der Waals surface area contributed by atoms with E-state index in [9.17, 15) is 9.90 Å². The minimum absolute atomic E-state index is 0.0133. The number of benzene rings is 2. The Morgan fingerprint density at radius 3 is 2.53 bits per heavy atom. The highest BCUT2D eigenvalue weighted by molar-refractivity contribution is 6.31. The molecule has 0 aliphatic rings. The number of ether oxygens (including phenoxy) is 1. The van der Waals surface area contributed by atoms with E-state index in [1.807, 2.05) is 60.0 Å². The second kappa shape index (κ2) is 8.65. The molecule has 0 aliphatic heterocycles. The zero-order valence-corrected chi connectivity index (χ0v) is 17.1. The van der Waals surface area contributed by atoms with E-state index in [1.54, 1.807) is 6.07 Å². The van der Waals surface area contributed by atoms with Crippen LogP contribution in [0.1, 0.15) is 33.0 Å². The van der Waals surface area contributed by atoms with Gasteiger partial charge in [-0.25, -0.2) is 14.8 Å². The van der Waals surface area contributed by atoms with Gasteiger partial charge >= 0.3 is 5.97 Å². The van der Waals surface area contributed by atoms with Crippen molar-refractivity contribution in [3.05, 3.63) is 93.9 Å². The standard InChI is InChI=1S/C23H20ClN3O3/c1-15-25-20-9-10-21(23(28)29)26-22(20)27(15)12-18-8-7-17(11-19(18)24)14-30-13-16-5-3-2-4-6-16/h2-11H,12-14H2,1H3,(H,28,29). The second-order valence-electron chi connectivity index (χ2n) is 6.99. The number of pyridine rings is 1. The average Bonchev–Trinajstić information content (AvgIpc) is 3.05. The van der Waals surface area contributed by atoms with Gasteiger partial charge in [0.1, 0.15) is 11.3 Å². The Balaban J connectivity index is 1.50. The van der Waals surface area contributed by atoms with E-state index in [4.69, 9.17) is 16.3 Å². The number of carboxylic acids is 1. The molecular weight excluding hydrogens is 402 g/mol. The van der Waals surface area contributed by atoms with Gasteiger partial charge < -0.3 is 14.4 Å². The molecule has 0 fully saturated rings. The minimum atomic E-state index is -1.07. The number of nitrogens with zero attached hydrogens (tertiary/aromatic N) is 3. The fourth-order valence-corrected chi connectivity index (χ4v) is 3.53. The van der Waals surface area contributed by atoms with Crippen LogP contribution in [0.4, 0.5) is 0 Å². The molecule has 1 N–H and O–H groups in total. The van der Waals surface area contributed by atoms with Crippen LogP contribution in [0.2, 0.25) is 5.02 Å². The molecule has 2 aromatic heterocycles. The van der Waals surface area contributed by atoms with Crippen LogP contribution >= 0.6 is 11.6 Å². The summed E-state index contributed by atoms with van der Waals surface area (Å²) in [4.78, 5) is 20.0. The van der Waals surface area contributed by atoms with Crippen LogP contribution in [0.5, 0.6) is 0 Å². The van der Waals surface area contributed by atoms with Crippen LogP contribution in [0.3, 0.4) is 0 Å². The van der Waals surface area contributed by atoms with Crippen LogP contribution in [0.15, 0.2) is 60.7 Å². The lowest BCUT2D eigenvalue weighted by Crippen LogP contribution is -2.06. The number of imidazole rings is 1. The Bertz CT molecular complexity index is 1210. The summed E-state index contributed by atoms with van der Waals surface area (Å²) in [7, 11) is 0. The van der Waals surface area contributed by atoms with Gasteiger partial charge in [0.2, 0.25) is 0 Å². The molecule has 0 radical (unpaired) electrons. The van der Waals surface area contributed by atoms with Gasteiger partial charge in [-0.3, -0.25) is 0 Å². The van der Waals surface area contributed by atoms with Crippen molar-refractivity contribution < 1.29 is 14.6 Å². The third-order valence-corrected chi connectivity index (χ3v) is 5.18. The molecule has 0 bridgehead atoms. The fourth-order valence-electron chi connectivity index (χ4n) is 3.26. The van der Waals surface area contributed by atoms with Crippen molar-refractivity contribution in [1.29, 1.82) is 0 Å². The van der Waals surface area contributed by atoms with Gasteiger partial charge in [-0.2, -0.15) is 0 Å². The number of rotatable bonds is 7. The molecule has 2 heterocycles. The molecule has 2 aromatic carbocycles. The summed E-state index contributed by atoms with van der Waals surface area (Å²) in [6.07, 6.45) is 0. The van der Waals surface area contributed by atoms with E-state index in [0.29, 0.717) is 35.9 Å². The van der Waals surface area contributed by atoms with Crippen LogP contribution in [0.25, 0.3) is 11.2 Å². The maximum absolute atomic E-state index is 11.3. The zero-order valence-electron chi connectivity index (χ0n) is 16.4. The highest BCUT2D eigenvalue weighted by atomic mass is 35.5. The first-order valence-electron chi connectivity index (χ1n) is 9.47. The normalized spacial score (nSPS) is 11.1. The molecule has 0 aliphatic carbocycles. The third kappa shape index (κ3) is 4.35. The van der Waals surface area contributed by atoms with Gasteiger partial charge in [-0.15, -0.1) is 0 Å². The number of carbonyl (C=O) groups is 1. The van der Waals surface area contributed by atoms with Gasteiger partial charge in [-0.05, 0) is 41.8 Å². The van der Waals surface area contributed by atoms with Crippen LogP contribution in [-0.2, 0) is 24.5 Å². The summed E-state index contributed by atoms with van der Waals surface area (Å²) in [5.74, 6) is -0.327. The first-order chi connectivity index (χ1) is 14.5. The maximum Gasteiger partial charge on any atom is 0.354 e. The first-order valence-corrected chi connectivity index (χ1v) is 9.85. The van der Waals surface area contributed by atoms with E-state index in [0.717, 1.165) is 22.5 Å². The largest absolute Gasteiger partial charge is 0.477 e. The first kappa shape index (κ1) is 20.1. The van der Waals surface area contributed by atoms with Gasteiger partial charge in [0.15, 0.2) is 11.3 Å². The molecule has 4 rings (SSSR count).